The fourth-order valence-corrected chi connectivity index (χ4v) is 13.0. The van der Waals surface area contributed by atoms with E-state index >= 15 is 0 Å². The van der Waals surface area contributed by atoms with E-state index in [1.54, 1.807) is 0 Å². The Morgan fingerprint density at radius 1 is 0.740 bits per heavy atom. The topological polar surface area (TPSA) is 26.3 Å². The van der Waals surface area contributed by atoms with E-state index in [9.17, 15) is 4.79 Å². The molecule has 284 valence electrons. The summed E-state index contributed by atoms with van der Waals surface area (Å²) in [5, 5.41) is 0. The minimum Gasteiger partial charge on any atom is -0.462 e. The molecule has 0 heterocycles. The van der Waals surface area contributed by atoms with Crippen LogP contribution in [0.4, 0.5) is 0 Å². The Balaban J connectivity index is 1.09. The van der Waals surface area contributed by atoms with E-state index in [1.165, 1.54) is 109 Å². The lowest BCUT2D eigenvalue weighted by atomic mass is 9.33. The molecule has 5 aliphatic rings. The molecular weight excluding hydrogens is 609 g/mol. The smallest absolute Gasteiger partial charge is 0.306 e. The Kier molecular flexibility index (Phi) is 12.7. The van der Waals surface area contributed by atoms with Crippen molar-refractivity contribution in [2.24, 2.45) is 50.2 Å². The largest absolute Gasteiger partial charge is 0.462 e. The Hall–Kier alpha value is -1.31. The number of allylic oxidation sites excluding steroid dienone is 6. The van der Waals surface area contributed by atoms with Gasteiger partial charge in [-0.3, -0.25) is 4.79 Å². The SMILES string of the molecule is CCCCC/C=C\C/C=C\CCCCCCCC(=O)O[C@H]1CC[C@]2(C)[C@H]3CC=C4[C@@H]5CC(C)(C)CC[C@]5(C)CC[C@@]4(C)[C@]3(C)CC[C@H]2C1(C)C. The summed E-state index contributed by atoms with van der Waals surface area (Å²) in [6.45, 7) is 23.0. The van der Waals surface area contributed by atoms with Crippen LogP contribution in [0.2, 0.25) is 0 Å². The van der Waals surface area contributed by atoms with Gasteiger partial charge >= 0.3 is 5.97 Å². The summed E-state index contributed by atoms with van der Waals surface area (Å²) in [7, 11) is 0. The lowest BCUT2D eigenvalue weighted by Gasteiger charge is -2.71. The van der Waals surface area contributed by atoms with Gasteiger partial charge in [0.05, 0.1) is 0 Å². The van der Waals surface area contributed by atoms with Crippen LogP contribution in [0.25, 0.3) is 0 Å². The van der Waals surface area contributed by atoms with Crippen molar-refractivity contribution < 1.29 is 9.53 Å². The molecule has 0 spiro atoms. The fraction of sp³-hybridized carbons (Fsp3) is 0.854. The van der Waals surface area contributed by atoms with Crippen molar-refractivity contribution >= 4 is 5.97 Å². The molecule has 0 saturated heterocycles. The van der Waals surface area contributed by atoms with E-state index in [1.807, 2.05) is 5.57 Å². The van der Waals surface area contributed by atoms with E-state index in [0.717, 1.165) is 31.6 Å². The predicted octanol–water partition coefficient (Wildman–Crippen LogP) is 14.5. The van der Waals surface area contributed by atoms with Crippen molar-refractivity contribution in [3.63, 3.8) is 0 Å². The molecule has 0 radical (unpaired) electrons. The summed E-state index contributed by atoms with van der Waals surface area (Å²) in [5.41, 5.74) is 3.82. The maximum Gasteiger partial charge on any atom is 0.306 e. The molecule has 0 bridgehead atoms. The van der Waals surface area contributed by atoms with E-state index in [2.05, 4.69) is 92.7 Å². The molecule has 0 aromatic carbocycles. The molecule has 5 aliphatic carbocycles. The van der Waals surface area contributed by atoms with Crippen LogP contribution in [0, 0.1) is 50.2 Å². The van der Waals surface area contributed by atoms with Crippen molar-refractivity contribution in [3.8, 4) is 0 Å². The van der Waals surface area contributed by atoms with Gasteiger partial charge in [-0.05, 0) is 148 Å². The van der Waals surface area contributed by atoms with Gasteiger partial charge in [-0.25, -0.2) is 0 Å². The van der Waals surface area contributed by atoms with Crippen LogP contribution in [0.5, 0.6) is 0 Å². The maximum atomic E-state index is 13.2. The third kappa shape index (κ3) is 7.96. The van der Waals surface area contributed by atoms with Gasteiger partial charge < -0.3 is 4.74 Å². The number of carbonyl (C=O) groups excluding carboxylic acids is 1. The zero-order chi connectivity index (χ0) is 36.3. The average Bonchev–Trinajstić information content (AvgIpc) is 3.05. The molecule has 2 nitrogen and oxygen atoms in total. The number of fused-ring (bicyclic) bond motifs is 7. The van der Waals surface area contributed by atoms with Crippen molar-refractivity contribution in [2.75, 3.05) is 0 Å². The minimum atomic E-state index is 0.0196. The average molecular weight is 689 g/mol. The lowest BCUT2D eigenvalue weighted by molar-refractivity contribution is -0.212. The Bertz CT molecular complexity index is 1230. The van der Waals surface area contributed by atoms with Gasteiger partial charge in [0, 0.05) is 11.8 Å². The van der Waals surface area contributed by atoms with E-state index < -0.39 is 0 Å². The van der Waals surface area contributed by atoms with Crippen LogP contribution >= 0.6 is 0 Å². The van der Waals surface area contributed by atoms with Gasteiger partial charge in [0.2, 0.25) is 0 Å². The molecule has 4 fully saturated rings. The molecule has 4 saturated carbocycles. The first-order valence-corrected chi connectivity index (χ1v) is 21.8. The van der Waals surface area contributed by atoms with Crippen LogP contribution in [0.3, 0.4) is 0 Å². The Labute approximate surface area is 310 Å². The first kappa shape index (κ1) is 39.9. The second kappa shape index (κ2) is 16.0. The van der Waals surface area contributed by atoms with Crippen LogP contribution in [0.1, 0.15) is 204 Å². The van der Waals surface area contributed by atoms with Crippen LogP contribution in [0.15, 0.2) is 36.0 Å². The lowest BCUT2D eigenvalue weighted by Crippen LogP contribution is -2.64. The number of carbonyl (C=O) groups is 1. The highest BCUT2D eigenvalue weighted by molar-refractivity contribution is 5.69. The van der Waals surface area contributed by atoms with E-state index in [-0.39, 0.29) is 17.5 Å². The second-order valence-corrected chi connectivity index (χ2v) is 20.7. The summed E-state index contributed by atoms with van der Waals surface area (Å²) in [6.07, 6.45) is 39.1. The number of rotatable bonds is 15. The van der Waals surface area contributed by atoms with Gasteiger partial charge in [0.15, 0.2) is 0 Å². The highest BCUT2D eigenvalue weighted by Crippen LogP contribution is 2.75. The van der Waals surface area contributed by atoms with E-state index in [4.69, 9.17) is 4.74 Å². The van der Waals surface area contributed by atoms with Crippen molar-refractivity contribution in [1.29, 1.82) is 0 Å². The number of hydrogen-bond donors (Lipinski definition) is 0. The fourth-order valence-electron chi connectivity index (χ4n) is 13.0. The predicted molar refractivity (Wildman–Crippen MR) is 214 cm³/mol. The zero-order valence-corrected chi connectivity index (χ0v) is 34.6. The van der Waals surface area contributed by atoms with Crippen LogP contribution in [-0.2, 0) is 9.53 Å². The molecule has 0 aromatic heterocycles. The first-order valence-electron chi connectivity index (χ1n) is 21.8. The number of ether oxygens (including phenoxy) is 1. The molecule has 5 rings (SSSR count). The highest BCUT2D eigenvalue weighted by atomic mass is 16.5. The summed E-state index contributed by atoms with van der Waals surface area (Å²) >= 11 is 0. The molecule has 0 aromatic rings. The van der Waals surface area contributed by atoms with Gasteiger partial charge in [0.25, 0.3) is 0 Å². The van der Waals surface area contributed by atoms with Crippen molar-refractivity contribution in [3.05, 3.63) is 36.0 Å². The maximum absolute atomic E-state index is 13.2. The standard InChI is InChI=1S/C48H80O2/c1-10-11-12-13-14-15-16-17-18-19-20-21-22-23-24-25-42(49)50-41-29-30-46(7)39(44(41,4)5)28-31-48(9)40(46)27-26-37-38-36-43(2,3)32-33-45(38,6)34-35-47(37,48)8/h14-15,17-18,26,38-41H,10-13,16,19-25,27-36H2,1-9H3/b15-14-,18-17-/t38-,39-,40+,41-,45+,46-,47+,48+/m0/s1. The molecule has 0 aliphatic heterocycles. The first-order chi connectivity index (χ1) is 23.6. The van der Waals surface area contributed by atoms with Crippen molar-refractivity contribution in [1.82, 2.24) is 0 Å². The molecule has 8 atom stereocenters. The van der Waals surface area contributed by atoms with Crippen LogP contribution in [-0.4, -0.2) is 12.1 Å². The summed E-state index contributed by atoms with van der Waals surface area (Å²) in [5.74, 6) is 2.14. The molecule has 50 heavy (non-hydrogen) atoms. The summed E-state index contributed by atoms with van der Waals surface area (Å²) < 4.78 is 6.41. The quantitative estimate of drug-likeness (QED) is 0.0972. The van der Waals surface area contributed by atoms with Gasteiger partial charge in [0.1, 0.15) is 6.10 Å². The number of unbranched alkanes of at least 4 members (excludes halogenated alkanes) is 8. The minimum absolute atomic E-state index is 0.0196. The molecule has 2 heteroatoms. The van der Waals surface area contributed by atoms with Gasteiger partial charge in [-0.1, -0.05) is 130 Å². The highest BCUT2D eigenvalue weighted by Gasteiger charge is 2.68. The van der Waals surface area contributed by atoms with Gasteiger partial charge in [-0.2, -0.15) is 0 Å². The number of hydrogen-bond acceptors (Lipinski definition) is 2. The Morgan fingerprint density at radius 3 is 2.12 bits per heavy atom. The molecule has 0 amide bonds. The summed E-state index contributed by atoms with van der Waals surface area (Å²) in [6, 6.07) is 0. The number of esters is 1. The van der Waals surface area contributed by atoms with Crippen LogP contribution < -0.4 is 0 Å². The summed E-state index contributed by atoms with van der Waals surface area (Å²) in [4.78, 5) is 13.2. The second-order valence-electron chi connectivity index (χ2n) is 20.7. The molecule has 0 N–H and O–H groups in total. The molecule has 0 unspecified atom stereocenters. The monoisotopic (exact) mass is 689 g/mol. The third-order valence-electron chi connectivity index (χ3n) is 16.6. The van der Waals surface area contributed by atoms with Gasteiger partial charge in [-0.15, -0.1) is 0 Å². The third-order valence-corrected chi connectivity index (χ3v) is 16.6. The normalized spacial score (nSPS) is 38.9. The Morgan fingerprint density at radius 2 is 1.40 bits per heavy atom. The molecular formula is C48H80O2. The van der Waals surface area contributed by atoms with E-state index in [0.29, 0.717) is 45.3 Å². The zero-order valence-electron chi connectivity index (χ0n) is 34.6. The van der Waals surface area contributed by atoms with Crippen molar-refractivity contribution in [2.45, 2.75) is 210 Å².